The lowest BCUT2D eigenvalue weighted by molar-refractivity contribution is 0.0696. The number of fused-ring (bicyclic) bond motifs is 4. The lowest BCUT2D eigenvalue weighted by Crippen LogP contribution is -2.48. The number of carboxylic acid groups (broad SMARTS) is 1. The van der Waals surface area contributed by atoms with Gasteiger partial charge in [-0.05, 0) is 94.5 Å². The zero-order chi connectivity index (χ0) is 35.8. The standard InChI is InChI=1S/C39H39Cl2N5O4/c1-20-16-27(17-21(2)34(20)40)50-15-9-12-29-28-10-8-11-30(33-22(3)42-44(7)23(33)4)35(28)45-24(5)37(41)46(38(47)36(29)45)32-19-25-13-14-26(39(48)49)18-31(25)43(32)6/h8,10-11,13-14,16-19,24,37H,9,12,15H2,1-7H3,(H,48,49)/t24-,37?/m1/s1. The van der Waals surface area contributed by atoms with E-state index in [1.54, 1.807) is 23.1 Å². The van der Waals surface area contributed by atoms with E-state index in [2.05, 4.69) is 23.6 Å². The first-order valence-electron chi connectivity index (χ1n) is 16.7. The lowest BCUT2D eigenvalue weighted by Gasteiger charge is -2.38. The molecule has 4 heterocycles. The predicted octanol–water partition coefficient (Wildman–Crippen LogP) is 8.92. The zero-order valence-electron chi connectivity index (χ0n) is 29.1. The Bertz CT molecular complexity index is 2340. The Balaban J connectivity index is 1.36. The molecule has 11 heteroatoms. The second kappa shape index (κ2) is 12.5. The number of carboxylic acids is 1. The Morgan fingerprint density at radius 3 is 2.40 bits per heavy atom. The molecule has 0 aliphatic carbocycles. The van der Waals surface area contributed by atoms with E-state index in [4.69, 9.17) is 33.0 Å². The average Bonchev–Trinajstić information content (AvgIpc) is 3.68. The Hall–Kier alpha value is -4.73. The number of alkyl halides is 1. The van der Waals surface area contributed by atoms with Gasteiger partial charge in [0, 0.05) is 46.7 Å². The van der Waals surface area contributed by atoms with Gasteiger partial charge in [-0.1, -0.05) is 47.5 Å². The fourth-order valence-electron chi connectivity index (χ4n) is 7.59. The van der Waals surface area contributed by atoms with Crippen LogP contribution < -0.4 is 9.64 Å². The Morgan fingerprint density at radius 2 is 1.74 bits per heavy atom. The summed E-state index contributed by atoms with van der Waals surface area (Å²) >= 11 is 13.7. The summed E-state index contributed by atoms with van der Waals surface area (Å²) in [5, 5.41) is 16.9. The minimum absolute atomic E-state index is 0.174. The molecular formula is C39H39Cl2N5O4. The van der Waals surface area contributed by atoms with Gasteiger partial charge in [-0.2, -0.15) is 5.10 Å². The molecule has 0 fully saturated rings. The summed E-state index contributed by atoms with van der Waals surface area (Å²) < 4.78 is 12.1. The molecule has 7 rings (SSSR count). The SMILES string of the molecule is Cc1cc(OCCCc2c3n(c4c(-c5c(C)nn(C)c5C)cccc24)[C@H](C)C(Cl)N(c2cc4ccc(C(=O)O)cc4n2C)C3=O)cc(C)c1Cl. The zero-order valence-corrected chi connectivity index (χ0v) is 30.6. The molecule has 1 unspecified atom stereocenters. The van der Waals surface area contributed by atoms with E-state index in [1.807, 2.05) is 75.3 Å². The third-order valence-electron chi connectivity index (χ3n) is 10.1. The molecule has 1 amide bonds. The smallest absolute Gasteiger partial charge is 0.335 e. The van der Waals surface area contributed by atoms with Crippen molar-refractivity contribution >= 4 is 62.7 Å². The molecule has 3 aromatic carbocycles. The topological polar surface area (TPSA) is 94.5 Å². The molecule has 1 N–H and O–H groups in total. The first kappa shape index (κ1) is 33.8. The van der Waals surface area contributed by atoms with E-state index in [1.165, 1.54) is 0 Å². The quantitative estimate of drug-likeness (QED) is 0.0967. The van der Waals surface area contributed by atoms with E-state index in [0.717, 1.165) is 66.3 Å². The molecule has 0 bridgehead atoms. The number of aryl methyl sites for hydroxylation is 6. The Morgan fingerprint density at radius 1 is 1.02 bits per heavy atom. The molecule has 0 saturated carbocycles. The van der Waals surface area contributed by atoms with Gasteiger partial charge in [0.15, 0.2) is 0 Å². The summed E-state index contributed by atoms with van der Waals surface area (Å²) in [5.41, 5.74) is 8.53. The van der Waals surface area contributed by atoms with E-state index in [-0.39, 0.29) is 17.5 Å². The fourth-order valence-corrected chi connectivity index (χ4v) is 8.00. The lowest BCUT2D eigenvalue weighted by atomic mass is 9.98. The molecule has 6 aromatic rings. The number of ether oxygens (including phenoxy) is 1. The number of aromatic nitrogens is 4. The van der Waals surface area contributed by atoms with Gasteiger partial charge in [-0.3, -0.25) is 14.4 Å². The van der Waals surface area contributed by atoms with Crippen LogP contribution in [0.25, 0.3) is 32.9 Å². The number of benzene rings is 3. The van der Waals surface area contributed by atoms with E-state index in [9.17, 15) is 14.7 Å². The fraction of sp³-hybridized carbons (Fsp3) is 0.308. The van der Waals surface area contributed by atoms with Crippen LogP contribution in [0.15, 0.2) is 54.6 Å². The number of halogens is 2. The van der Waals surface area contributed by atoms with Crippen molar-refractivity contribution in [2.45, 2.75) is 59.0 Å². The highest BCUT2D eigenvalue weighted by atomic mass is 35.5. The molecule has 1 aliphatic rings. The molecule has 0 spiro atoms. The van der Waals surface area contributed by atoms with E-state index >= 15 is 0 Å². The molecule has 2 atom stereocenters. The van der Waals surface area contributed by atoms with Crippen LogP contribution in [0.1, 0.15) is 68.3 Å². The van der Waals surface area contributed by atoms with Crippen molar-refractivity contribution in [2.24, 2.45) is 14.1 Å². The molecule has 258 valence electrons. The summed E-state index contributed by atoms with van der Waals surface area (Å²) in [5.74, 6) is 0.134. The first-order chi connectivity index (χ1) is 23.8. The summed E-state index contributed by atoms with van der Waals surface area (Å²) in [6.45, 7) is 10.5. The predicted molar refractivity (Wildman–Crippen MR) is 199 cm³/mol. The van der Waals surface area contributed by atoms with Crippen LogP contribution in [0.2, 0.25) is 5.02 Å². The largest absolute Gasteiger partial charge is 0.494 e. The van der Waals surface area contributed by atoms with Crippen LogP contribution in [0.3, 0.4) is 0 Å². The van der Waals surface area contributed by atoms with Gasteiger partial charge in [-0.15, -0.1) is 0 Å². The number of aromatic carboxylic acids is 1. The number of anilines is 1. The van der Waals surface area contributed by atoms with Crippen molar-refractivity contribution in [3.63, 3.8) is 0 Å². The monoisotopic (exact) mass is 711 g/mol. The number of amides is 1. The van der Waals surface area contributed by atoms with Crippen molar-refractivity contribution in [1.29, 1.82) is 0 Å². The summed E-state index contributed by atoms with van der Waals surface area (Å²) in [6, 6.07) is 16.7. The van der Waals surface area contributed by atoms with Gasteiger partial charge in [0.05, 0.1) is 34.9 Å². The maximum atomic E-state index is 15.0. The maximum Gasteiger partial charge on any atom is 0.335 e. The molecule has 9 nitrogen and oxygen atoms in total. The van der Waals surface area contributed by atoms with Gasteiger partial charge < -0.3 is 19.0 Å². The van der Waals surface area contributed by atoms with Crippen molar-refractivity contribution in [3.05, 3.63) is 99.0 Å². The van der Waals surface area contributed by atoms with Crippen LogP contribution >= 0.6 is 23.2 Å². The number of para-hydroxylation sites is 1. The van der Waals surface area contributed by atoms with Gasteiger partial charge in [0.2, 0.25) is 0 Å². The average molecular weight is 713 g/mol. The molecular weight excluding hydrogens is 673 g/mol. The van der Waals surface area contributed by atoms with Crippen LogP contribution in [-0.2, 0) is 20.5 Å². The highest BCUT2D eigenvalue weighted by molar-refractivity contribution is 6.32. The van der Waals surface area contributed by atoms with E-state index < -0.39 is 11.5 Å². The van der Waals surface area contributed by atoms with Crippen LogP contribution in [0.4, 0.5) is 5.82 Å². The molecule has 0 radical (unpaired) electrons. The van der Waals surface area contributed by atoms with Crippen LogP contribution in [-0.4, -0.2) is 48.0 Å². The van der Waals surface area contributed by atoms with Gasteiger partial charge in [-0.25, -0.2) is 4.79 Å². The van der Waals surface area contributed by atoms with Crippen LogP contribution in [0.5, 0.6) is 5.75 Å². The second-order valence-electron chi connectivity index (χ2n) is 13.3. The molecule has 3 aromatic heterocycles. The highest BCUT2D eigenvalue weighted by Crippen LogP contribution is 2.45. The molecule has 1 aliphatic heterocycles. The number of hydrogen-bond donors (Lipinski definition) is 1. The van der Waals surface area contributed by atoms with Crippen LogP contribution in [0, 0.1) is 27.7 Å². The minimum Gasteiger partial charge on any atom is -0.494 e. The maximum absolute atomic E-state index is 15.0. The Labute approximate surface area is 300 Å². The molecule has 50 heavy (non-hydrogen) atoms. The third kappa shape index (κ3) is 5.26. The van der Waals surface area contributed by atoms with Gasteiger partial charge in [0.25, 0.3) is 5.91 Å². The molecule has 0 saturated heterocycles. The van der Waals surface area contributed by atoms with E-state index in [0.29, 0.717) is 36.5 Å². The van der Waals surface area contributed by atoms with Crippen molar-refractivity contribution in [3.8, 4) is 16.9 Å². The third-order valence-corrected chi connectivity index (χ3v) is 11.3. The first-order valence-corrected chi connectivity index (χ1v) is 17.5. The number of hydrogen-bond acceptors (Lipinski definition) is 4. The minimum atomic E-state index is -1.01. The number of carbonyl (C=O) groups excluding carboxylic acids is 1. The van der Waals surface area contributed by atoms with Gasteiger partial charge in [0.1, 0.15) is 22.8 Å². The summed E-state index contributed by atoms with van der Waals surface area (Å²) in [4.78, 5) is 28.4. The van der Waals surface area contributed by atoms with Crippen molar-refractivity contribution in [2.75, 3.05) is 11.5 Å². The van der Waals surface area contributed by atoms with Crippen molar-refractivity contribution in [1.82, 2.24) is 18.9 Å². The number of nitrogens with zero attached hydrogens (tertiary/aromatic N) is 5. The van der Waals surface area contributed by atoms with Gasteiger partial charge >= 0.3 is 5.97 Å². The second-order valence-corrected chi connectivity index (χ2v) is 14.1. The normalized spacial score (nSPS) is 16.1. The Kier molecular flexibility index (Phi) is 8.47. The number of carbonyl (C=O) groups is 2. The number of rotatable bonds is 8. The summed E-state index contributed by atoms with van der Waals surface area (Å²) in [7, 11) is 3.77. The highest BCUT2D eigenvalue weighted by Gasteiger charge is 2.42. The van der Waals surface area contributed by atoms with Crippen molar-refractivity contribution < 1.29 is 19.4 Å². The summed E-state index contributed by atoms with van der Waals surface area (Å²) in [6.07, 6.45) is 1.26.